The molecule has 0 bridgehead atoms. The third kappa shape index (κ3) is 4.06. The Balaban J connectivity index is 1.40. The first-order valence-electron chi connectivity index (χ1n) is 14.7. The number of phenolic OH excluding ortho intramolecular Hbond substituents is 5. The molecule has 3 aliphatic rings. The number of carbonyl (C=O) groups excluding carboxylic acids is 1. The summed E-state index contributed by atoms with van der Waals surface area (Å²) in [6.07, 6.45) is -0.701. The lowest BCUT2D eigenvalue weighted by atomic mass is 9.75. The van der Waals surface area contributed by atoms with Gasteiger partial charge in [-0.3, -0.25) is 4.79 Å². The zero-order valence-corrected chi connectivity index (χ0v) is 24.7. The Kier molecular flexibility index (Phi) is 6.03. The van der Waals surface area contributed by atoms with Crippen LogP contribution in [0.25, 0.3) is 0 Å². The van der Waals surface area contributed by atoms with Crippen molar-refractivity contribution in [2.45, 2.75) is 18.1 Å². The molecule has 1 amide bonds. The number of benzene rings is 5. The maximum Gasteiger partial charge on any atom is 0.275 e. The van der Waals surface area contributed by atoms with Crippen molar-refractivity contribution in [1.29, 1.82) is 0 Å². The maximum absolute atomic E-state index is 14.5. The molecule has 0 aromatic heterocycles. The molecule has 47 heavy (non-hydrogen) atoms. The molecule has 5 N–H and O–H groups in total. The summed E-state index contributed by atoms with van der Waals surface area (Å²) in [4.78, 5) is 14.5. The van der Waals surface area contributed by atoms with Gasteiger partial charge in [0.2, 0.25) is 0 Å². The van der Waals surface area contributed by atoms with E-state index in [1.54, 1.807) is 36.4 Å². The summed E-state index contributed by atoms with van der Waals surface area (Å²) in [6.45, 7) is 0. The summed E-state index contributed by atoms with van der Waals surface area (Å²) >= 11 is 0. The standard InChI is InChI=1S/C36H26N2O9/c1-45-29-11-6-18(12-27(29)42)30-17-26(34-28(43)13-21(41)16-33(34)46-30)37-38-35(44)22-4-2-3-5-23(22)36(38)24-9-7-19(39)14-31(24)47-32-15-20(40)8-10-25(32)36/h2-16,30,39-43H,17H2,1H3/b37-26+/t30-/m1/s1. The zero-order valence-electron chi connectivity index (χ0n) is 24.7. The molecule has 0 saturated carbocycles. The summed E-state index contributed by atoms with van der Waals surface area (Å²) in [5, 5.41) is 59.2. The Hall–Kier alpha value is -6.36. The first kappa shape index (κ1) is 28.1. The lowest BCUT2D eigenvalue weighted by Crippen LogP contribution is -2.45. The number of rotatable bonds is 3. The minimum atomic E-state index is -1.43. The predicted octanol–water partition coefficient (Wildman–Crippen LogP) is 6.00. The van der Waals surface area contributed by atoms with Gasteiger partial charge in [-0.1, -0.05) is 24.3 Å². The van der Waals surface area contributed by atoms with Crippen molar-refractivity contribution in [2.75, 3.05) is 7.11 Å². The number of hydrogen-bond acceptors (Lipinski definition) is 10. The Morgan fingerprint density at radius 2 is 1.45 bits per heavy atom. The molecule has 5 aromatic rings. The van der Waals surface area contributed by atoms with Crippen LogP contribution in [0, 0.1) is 0 Å². The number of hydrogen-bond donors (Lipinski definition) is 5. The number of ether oxygens (including phenoxy) is 3. The second kappa shape index (κ2) is 10.1. The van der Waals surface area contributed by atoms with Gasteiger partial charge in [-0.2, -0.15) is 5.10 Å². The highest BCUT2D eigenvalue weighted by Crippen LogP contribution is 2.58. The lowest BCUT2D eigenvalue weighted by Gasteiger charge is -2.42. The number of phenols is 5. The molecule has 1 atom stereocenters. The molecule has 3 aliphatic heterocycles. The molecule has 0 aliphatic carbocycles. The summed E-state index contributed by atoms with van der Waals surface area (Å²) in [6, 6.07) is 23.6. The molecule has 8 rings (SSSR count). The molecule has 5 aromatic carbocycles. The molecule has 0 fully saturated rings. The second-order valence-corrected chi connectivity index (χ2v) is 11.5. The van der Waals surface area contributed by atoms with Gasteiger partial charge in [0.05, 0.1) is 18.4 Å². The van der Waals surface area contributed by atoms with E-state index >= 15 is 0 Å². The van der Waals surface area contributed by atoms with Crippen molar-refractivity contribution in [1.82, 2.24) is 5.01 Å². The fraction of sp³-hybridized carbons (Fsp3) is 0.111. The van der Waals surface area contributed by atoms with Crippen LogP contribution in [0.15, 0.2) is 96.1 Å². The van der Waals surface area contributed by atoms with E-state index in [0.29, 0.717) is 27.8 Å². The largest absolute Gasteiger partial charge is 0.508 e. The molecule has 1 spiro atoms. The van der Waals surface area contributed by atoms with Gasteiger partial charge in [0.1, 0.15) is 51.9 Å². The van der Waals surface area contributed by atoms with Crippen LogP contribution >= 0.6 is 0 Å². The quantitative estimate of drug-likeness (QED) is 0.161. The van der Waals surface area contributed by atoms with Crippen molar-refractivity contribution in [3.05, 3.63) is 124 Å². The number of fused-ring (bicyclic) bond motifs is 7. The normalized spacial score (nSPS) is 17.7. The van der Waals surface area contributed by atoms with Gasteiger partial charge >= 0.3 is 0 Å². The third-order valence-electron chi connectivity index (χ3n) is 8.79. The van der Waals surface area contributed by atoms with E-state index in [2.05, 4.69) is 0 Å². The van der Waals surface area contributed by atoms with Gasteiger partial charge < -0.3 is 39.7 Å². The van der Waals surface area contributed by atoms with E-state index in [-0.39, 0.29) is 69.4 Å². The molecule has 0 saturated heterocycles. The Morgan fingerprint density at radius 3 is 2.13 bits per heavy atom. The van der Waals surface area contributed by atoms with Gasteiger partial charge in [0, 0.05) is 52.9 Å². The Bertz CT molecular complexity index is 2130. The van der Waals surface area contributed by atoms with Crippen molar-refractivity contribution in [2.24, 2.45) is 5.10 Å². The van der Waals surface area contributed by atoms with E-state index in [9.17, 15) is 30.3 Å². The molecular weight excluding hydrogens is 604 g/mol. The Labute approximate surface area is 267 Å². The van der Waals surface area contributed by atoms with Gasteiger partial charge in [-0.15, -0.1) is 0 Å². The van der Waals surface area contributed by atoms with E-state index in [4.69, 9.17) is 19.3 Å². The topological polar surface area (TPSA) is 162 Å². The van der Waals surface area contributed by atoms with E-state index in [1.807, 2.05) is 12.1 Å². The van der Waals surface area contributed by atoms with Crippen LogP contribution in [0.2, 0.25) is 0 Å². The van der Waals surface area contributed by atoms with Gasteiger partial charge in [-0.05, 0) is 48.0 Å². The van der Waals surface area contributed by atoms with Gasteiger partial charge in [0.15, 0.2) is 11.5 Å². The molecule has 234 valence electrons. The fourth-order valence-corrected chi connectivity index (χ4v) is 6.80. The molecule has 0 radical (unpaired) electrons. The van der Waals surface area contributed by atoms with Gasteiger partial charge in [0.25, 0.3) is 5.91 Å². The minimum absolute atomic E-state index is 0.0503. The van der Waals surface area contributed by atoms with Crippen molar-refractivity contribution in [3.63, 3.8) is 0 Å². The lowest BCUT2D eigenvalue weighted by molar-refractivity contribution is 0.0670. The minimum Gasteiger partial charge on any atom is -0.508 e. The summed E-state index contributed by atoms with van der Waals surface area (Å²) in [7, 11) is 1.44. The first-order valence-corrected chi connectivity index (χ1v) is 14.7. The SMILES string of the molecule is COc1ccc([C@H]2C/C(=N\N3C(=O)c4ccccc4C34c3ccc(O)cc3Oc3cc(O)ccc34)c3c(O)cc(O)cc3O2)cc1O. The number of aromatic hydroxyl groups is 5. The zero-order chi connectivity index (χ0) is 32.6. The van der Waals surface area contributed by atoms with Crippen LogP contribution in [0.1, 0.15) is 50.7 Å². The number of nitrogens with zero attached hydrogens (tertiary/aromatic N) is 2. The third-order valence-corrected chi connectivity index (χ3v) is 8.79. The molecule has 11 nitrogen and oxygen atoms in total. The van der Waals surface area contributed by atoms with Gasteiger partial charge in [-0.25, -0.2) is 5.01 Å². The first-order chi connectivity index (χ1) is 22.7. The predicted molar refractivity (Wildman–Crippen MR) is 168 cm³/mol. The van der Waals surface area contributed by atoms with Crippen LogP contribution in [-0.2, 0) is 5.54 Å². The molecule has 3 heterocycles. The number of hydrazone groups is 1. The number of amides is 1. The average Bonchev–Trinajstić information content (AvgIpc) is 3.28. The molecule has 0 unspecified atom stereocenters. The molecular formula is C36H26N2O9. The maximum atomic E-state index is 14.5. The highest BCUT2D eigenvalue weighted by atomic mass is 16.5. The summed E-state index contributed by atoms with van der Waals surface area (Å²) in [5.74, 6) is -0.338. The smallest absolute Gasteiger partial charge is 0.275 e. The van der Waals surface area contributed by atoms with E-state index < -0.39 is 17.6 Å². The molecule has 11 heteroatoms. The van der Waals surface area contributed by atoms with Crippen molar-refractivity contribution < 1.29 is 44.5 Å². The van der Waals surface area contributed by atoms with Crippen molar-refractivity contribution in [3.8, 4) is 51.7 Å². The highest BCUT2D eigenvalue weighted by Gasteiger charge is 2.57. The second-order valence-electron chi connectivity index (χ2n) is 11.5. The van der Waals surface area contributed by atoms with Crippen LogP contribution < -0.4 is 14.2 Å². The monoisotopic (exact) mass is 630 g/mol. The van der Waals surface area contributed by atoms with E-state index in [0.717, 1.165) is 6.07 Å². The fourth-order valence-electron chi connectivity index (χ4n) is 6.80. The number of carbonyl (C=O) groups is 1. The number of methoxy groups -OCH3 is 1. The van der Waals surface area contributed by atoms with Crippen LogP contribution in [0.4, 0.5) is 0 Å². The van der Waals surface area contributed by atoms with Crippen molar-refractivity contribution >= 4 is 11.6 Å². The summed E-state index contributed by atoms with van der Waals surface area (Å²) < 4.78 is 17.6. The van der Waals surface area contributed by atoms with Crippen LogP contribution in [0.3, 0.4) is 0 Å². The van der Waals surface area contributed by atoms with Crippen LogP contribution in [0.5, 0.6) is 51.7 Å². The summed E-state index contributed by atoms with van der Waals surface area (Å²) in [5.41, 5.74) is 1.55. The van der Waals surface area contributed by atoms with E-state index in [1.165, 1.54) is 48.5 Å². The highest BCUT2D eigenvalue weighted by molar-refractivity contribution is 6.09. The average molecular weight is 631 g/mol. The van der Waals surface area contributed by atoms with Crippen LogP contribution in [-0.4, -0.2) is 49.3 Å². The Morgan fingerprint density at radius 1 is 0.766 bits per heavy atom.